The second-order valence-electron chi connectivity index (χ2n) is 7.24. The molecule has 0 radical (unpaired) electrons. The molecule has 1 amide bonds. The normalized spacial score (nSPS) is 14.3. The molecule has 1 saturated heterocycles. The van der Waals surface area contributed by atoms with Crippen LogP contribution in [-0.4, -0.2) is 49.3 Å². The summed E-state index contributed by atoms with van der Waals surface area (Å²) in [6, 6.07) is 10.1. The van der Waals surface area contributed by atoms with Crippen molar-refractivity contribution in [2.45, 2.75) is 45.6 Å². The van der Waals surface area contributed by atoms with Gasteiger partial charge in [0.1, 0.15) is 5.69 Å². The number of hydrogen-bond acceptors (Lipinski definition) is 5. The van der Waals surface area contributed by atoms with Crippen molar-refractivity contribution in [3.05, 3.63) is 35.9 Å². The van der Waals surface area contributed by atoms with E-state index < -0.39 is 0 Å². The number of ether oxygens (including phenoxy) is 1. The number of amides is 1. The van der Waals surface area contributed by atoms with Gasteiger partial charge >= 0.3 is 0 Å². The van der Waals surface area contributed by atoms with E-state index in [2.05, 4.69) is 10.1 Å². The third-order valence-electron chi connectivity index (χ3n) is 5.24. The zero-order valence-corrected chi connectivity index (χ0v) is 17.0. The Kier molecular flexibility index (Phi) is 7.48. The molecule has 2 aromatic rings. The number of nitrogens with zero attached hydrogens (tertiary/aromatic N) is 3. The molecule has 6 nitrogen and oxygen atoms in total. The van der Waals surface area contributed by atoms with Crippen molar-refractivity contribution >= 4 is 11.8 Å². The standard InChI is InChI=1S/C22H31N3O3/c1-3-20(26)25(15-10-16-27-2)17-19-21(18-11-6-4-7-12-18)23-28-22(19)24-13-8-5-9-14-24/h4,6-7,11-12H,3,5,8-10,13-17H2,1-2H3. The van der Waals surface area contributed by atoms with Crippen molar-refractivity contribution in [3.63, 3.8) is 0 Å². The number of carbonyl (C=O) groups excluding carboxylic acids is 1. The van der Waals surface area contributed by atoms with Crippen molar-refractivity contribution in [1.29, 1.82) is 0 Å². The van der Waals surface area contributed by atoms with Crippen LogP contribution >= 0.6 is 0 Å². The predicted octanol–water partition coefficient (Wildman–Crippen LogP) is 4.11. The van der Waals surface area contributed by atoms with Crippen LogP contribution in [-0.2, 0) is 16.1 Å². The van der Waals surface area contributed by atoms with Crippen LogP contribution in [0, 0.1) is 0 Å². The quantitative estimate of drug-likeness (QED) is 0.608. The van der Waals surface area contributed by atoms with Gasteiger partial charge in [0.15, 0.2) is 0 Å². The minimum absolute atomic E-state index is 0.140. The van der Waals surface area contributed by atoms with Crippen LogP contribution in [0.3, 0.4) is 0 Å². The lowest BCUT2D eigenvalue weighted by Gasteiger charge is -2.28. The zero-order valence-electron chi connectivity index (χ0n) is 17.0. The molecule has 1 aliphatic rings. The first kappa shape index (κ1) is 20.4. The van der Waals surface area contributed by atoms with Gasteiger partial charge in [0.2, 0.25) is 11.8 Å². The molecule has 0 unspecified atom stereocenters. The lowest BCUT2D eigenvalue weighted by Crippen LogP contribution is -2.34. The molecular weight excluding hydrogens is 354 g/mol. The van der Waals surface area contributed by atoms with E-state index in [1.54, 1.807) is 7.11 Å². The van der Waals surface area contributed by atoms with Crippen molar-refractivity contribution < 1.29 is 14.1 Å². The number of rotatable bonds is 9. The number of hydrogen-bond donors (Lipinski definition) is 0. The average molecular weight is 386 g/mol. The summed E-state index contributed by atoms with van der Waals surface area (Å²) in [6.45, 7) is 5.67. The van der Waals surface area contributed by atoms with Gasteiger partial charge in [-0.25, -0.2) is 0 Å². The number of aromatic nitrogens is 1. The second kappa shape index (κ2) is 10.3. The summed E-state index contributed by atoms with van der Waals surface area (Å²) in [5.74, 6) is 0.958. The minimum Gasteiger partial charge on any atom is -0.385 e. The maximum atomic E-state index is 12.6. The first-order valence-electron chi connectivity index (χ1n) is 10.3. The smallest absolute Gasteiger partial charge is 0.232 e. The van der Waals surface area contributed by atoms with E-state index in [0.717, 1.165) is 55.1 Å². The van der Waals surface area contributed by atoms with Crippen molar-refractivity contribution in [1.82, 2.24) is 10.1 Å². The number of benzene rings is 1. The molecule has 1 fully saturated rings. The van der Waals surface area contributed by atoms with E-state index in [9.17, 15) is 4.79 Å². The van der Waals surface area contributed by atoms with E-state index in [4.69, 9.17) is 9.26 Å². The van der Waals surface area contributed by atoms with Crippen LogP contribution in [0.15, 0.2) is 34.9 Å². The molecule has 0 spiro atoms. The summed E-state index contributed by atoms with van der Waals surface area (Å²) in [6.07, 6.45) is 4.87. The third kappa shape index (κ3) is 4.93. The number of carbonyl (C=O) groups is 1. The first-order valence-corrected chi connectivity index (χ1v) is 10.3. The summed E-state index contributed by atoms with van der Waals surface area (Å²) in [4.78, 5) is 16.8. The van der Waals surface area contributed by atoms with E-state index in [0.29, 0.717) is 26.1 Å². The van der Waals surface area contributed by atoms with Crippen LogP contribution in [0.1, 0.15) is 44.6 Å². The SMILES string of the molecule is CCC(=O)N(CCCOC)Cc1c(-c2ccccc2)noc1N1CCCCC1. The van der Waals surface area contributed by atoms with Crippen molar-refractivity contribution in [3.8, 4) is 11.3 Å². The number of anilines is 1. The Labute approximate surface area is 167 Å². The molecule has 0 bridgehead atoms. The second-order valence-corrected chi connectivity index (χ2v) is 7.24. The molecule has 0 atom stereocenters. The van der Waals surface area contributed by atoms with Crippen LogP contribution in [0.2, 0.25) is 0 Å². The summed E-state index contributed by atoms with van der Waals surface area (Å²) < 4.78 is 11.0. The molecule has 0 aliphatic carbocycles. The molecule has 3 rings (SSSR count). The van der Waals surface area contributed by atoms with Gasteiger partial charge in [0.05, 0.1) is 12.1 Å². The summed E-state index contributed by atoms with van der Waals surface area (Å²) in [7, 11) is 1.69. The Morgan fingerprint density at radius 3 is 2.64 bits per heavy atom. The fraction of sp³-hybridized carbons (Fsp3) is 0.545. The van der Waals surface area contributed by atoms with Gasteiger partial charge in [-0.3, -0.25) is 4.79 Å². The van der Waals surface area contributed by atoms with E-state index in [1.807, 2.05) is 42.2 Å². The van der Waals surface area contributed by atoms with Gasteiger partial charge in [0.25, 0.3) is 0 Å². The Balaban J connectivity index is 1.92. The lowest BCUT2D eigenvalue weighted by atomic mass is 10.1. The molecule has 0 saturated carbocycles. The Bertz CT molecular complexity index is 739. The van der Waals surface area contributed by atoms with E-state index in [-0.39, 0.29) is 5.91 Å². The molecule has 28 heavy (non-hydrogen) atoms. The highest BCUT2D eigenvalue weighted by atomic mass is 16.5. The molecule has 1 aromatic carbocycles. The van der Waals surface area contributed by atoms with Gasteiger partial charge in [-0.2, -0.15) is 0 Å². The Morgan fingerprint density at radius 2 is 1.96 bits per heavy atom. The molecule has 6 heteroatoms. The Morgan fingerprint density at radius 1 is 1.21 bits per heavy atom. The summed E-state index contributed by atoms with van der Waals surface area (Å²) in [5, 5.41) is 4.42. The molecular formula is C22H31N3O3. The van der Waals surface area contributed by atoms with Crippen LogP contribution in [0.4, 0.5) is 5.88 Å². The fourth-order valence-corrected chi connectivity index (χ4v) is 3.72. The van der Waals surface area contributed by atoms with Gasteiger partial charge < -0.3 is 19.1 Å². The van der Waals surface area contributed by atoms with Gasteiger partial charge in [0, 0.05) is 45.3 Å². The first-order chi connectivity index (χ1) is 13.7. The van der Waals surface area contributed by atoms with Gasteiger partial charge in [-0.15, -0.1) is 0 Å². The highest BCUT2D eigenvalue weighted by molar-refractivity contribution is 5.77. The topological polar surface area (TPSA) is 58.8 Å². The predicted molar refractivity (Wildman–Crippen MR) is 110 cm³/mol. The molecule has 0 N–H and O–H groups in total. The average Bonchev–Trinajstić information content (AvgIpc) is 3.17. The third-order valence-corrected chi connectivity index (χ3v) is 5.24. The largest absolute Gasteiger partial charge is 0.385 e. The van der Waals surface area contributed by atoms with Gasteiger partial charge in [-0.05, 0) is 25.7 Å². The summed E-state index contributed by atoms with van der Waals surface area (Å²) >= 11 is 0. The van der Waals surface area contributed by atoms with Gasteiger partial charge in [-0.1, -0.05) is 42.4 Å². The highest BCUT2D eigenvalue weighted by Crippen LogP contribution is 2.34. The molecule has 1 aromatic heterocycles. The van der Waals surface area contributed by atoms with Crippen LogP contribution in [0.5, 0.6) is 0 Å². The molecule has 152 valence electrons. The Hall–Kier alpha value is -2.34. The minimum atomic E-state index is 0.140. The fourth-order valence-electron chi connectivity index (χ4n) is 3.72. The van der Waals surface area contributed by atoms with E-state index in [1.165, 1.54) is 6.42 Å². The van der Waals surface area contributed by atoms with E-state index >= 15 is 0 Å². The molecule has 2 heterocycles. The van der Waals surface area contributed by atoms with Crippen LogP contribution < -0.4 is 4.90 Å². The van der Waals surface area contributed by atoms with Crippen molar-refractivity contribution in [2.75, 3.05) is 38.3 Å². The summed E-state index contributed by atoms with van der Waals surface area (Å²) in [5.41, 5.74) is 2.86. The monoisotopic (exact) mass is 385 g/mol. The highest BCUT2D eigenvalue weighted by Gasteiger charge is 2.26. The maximum Gasteiger partial charge on any atom is 0.232 e. The van der Waals surface area contributed by atoms with Crippen LogP contribution in [0.25, 0.3) is 11.3 Å². The zero-order chi connectivity index (χ0) is 19.8. The molecule has 1 aliphatic heterocycles. The number of methoxy groups -OCH3 is 1. The van der Waals surface area contributed by atoms with Crippen molar-refractivity contribution in [2.24, 2.45) is 0 Å². The maximum absolute atomic E-state index is 12.6. The number of piperidine rings is 1. The lowest BCUT2D eigenvalue weighted by molar-refractivity contribution is -0.131.